The predicted octanol–water partition coefficient (Wildman–Crippen LogP) is 6.33. The minimum absolute atomic E-state index is 0.211. The van der Waals surface area contributed by atoms with Gasteiger partial charge >= 0.3 is 11.9 Å². The van der Waals surface area contributed by atoms with Crippen molar-refractivity contribution in [3.63, 3.8) is 0 Å². The number of carbonyl (C=O) groups is 3. The minimum Gasteiger partial charge on any atom is -0.481 e. The molecule has 0 aromatic heterocycles. The first-order valence-electron chi connectivity index (χ1n) is 14.1. The van der Waals surface area contributed by atoms with E-state index in [4.69, 9.17) is 0 Å². The Hall–Kier alpha value is -3.00. The minimum atomic E-state index is -1.98. The van der Waals surface area contributed by atoms with Crippen LogP contribution in [0.1, 0.15) is 82.3 Å². The van der Waals surface area contributed by atoms with Gasteiger partial charge in [0.25, 0.3) is 0 Å². The second-order valence-corrected chi connectivity index (χ2v) is 10.6. The Balaban J connectivity index is 2.05. The van der Waals surface area contributed by atoms with Crippen molar-refractivity contribution < 1.29 is 24.6 Å². The molecular weight excluding hydrogens is 512 g/mol. The monoisotopic (exact) mass is 556 g/mol. The standard InChI is InChI=1S/C31H44N2O5S/c1-2-3-4-5-6-7-8-10-13-24-16-18-27(19-17-24)32-31(30(37)38,21-20-28(34)35)33-29(36)26(23-39)22-25-14-11-9-12-15-25/h9,11-12,14-19,26,32,39H,2-8,10,13,20-23H2,1H3,(H,33,36)(H,34,35)(H,37,38)/t26?,31-/m0/s1. The summed E-state index contributed by atoms with van der Waals surface area (Å²) in [6.07, 6.45) is 10.6. The fourth-order valence-electron chi connectivity index (χ4n) is 4.58. The first-order chi connectivity index (χ1) is 18.8. The van der Waals surface area contributed by atoms with Gasteiger partial charge in [-0.2, -0.15) is 12.6 Å². The van der Waals surface area contributed by atoms with Gasteiger partial charge in [0.05, 0.1) is 5.92 Å². The molecule has 39 heavy (non-hydrogen) atoms. The maximum Gasteiger partial charge on any atom is 0.350 e. The molecule has 0 aliphatic heterocycles. The van der Waals surface area contributed by atoms with Crippen LogP contribution in [0.5, 0.6) is 0 Å². The molecule has 0 saturated heterocycles. The molecule has 2 aromatic carbocycles. The van der Waals surface area contributed by atoms with Gasteiger partial charge in [0.15, 0.2) is 0 Å². The molecule has 214 valence electrons. The molecule has 0 bridgehead atoms. The zero-order chi connectivity index (χ0) is 28.5. The molecule has 0 heterocycles. The molecule has 1 amide bonds. The third-order valence-corrected chi connectivity index (χ3v) is 7.40. The van der Waals surface area contributed by atoms with Crippen LogP contribution in [-0.2, 0) is 27.2 Å². The molecule has 0 saturated carbocycles. The zero-order valence-electron chi connectivity index (χ0n) is 23.0. The summed E-state index contributed by atoms with van der Waals surface area (Å²) in [5.74, 6) is -3.37. The third kappa shape index (κ3) is 11.7. The quantitative estimate of drug-likeness (QED) is 0.0739. The molecule has 4 N–H and O–H groups in total. The highest BCUT2D eigenvalue weighted by Crippen LogP contribution is 2.22. The van der Waals surface area contributed by atoms with Gasteiger partial charge in [-0.3, -0.25) is 9.59 Å². The fourth-order valence-corrected chi connectivity index (χ4v) is 4.87. The fraction of sp³-hybridized carbons (Fsp3) is 0.516. The van der Waals surface area contributed by atoms with E-state index in [0.717, 1.165) is 24.0 Å². The Kier molecular flexibility index (Phi) is 14.5. The Morgan fingerprint density at radius 1 is 0.846 bits per heavy atom. The molecule has 0 fully saturated rings. The number of aliphatic carboxylic acids is 2. The molecule has 7 nitrogen and oxygen atoms in total. The van der Waals surface area contributed by atoms with Crippen molar-refractivity contribution >= 4 is 36.2 Å². The highest BCUT2D eigenvalue weighted by molar-refractivity contribution is 7.80. The largest absolute Gasteiger partial charge is 0.481 e. The zero-order valence-corrected chi connectivity index (χ0v) is 23.9. The number of amides is 1. The van der Waals surface area contributed by atoms with Crippen LogP contribution in [-0.4, -0.2) is 39.5 Å². The van der Waals surface area contributed by atoms with Crippen LogP contribution < -0.4 is 10.6 Å². The van der Waals surface area contributed by atoms with Crippen LogP contribution in [0.2, 0.25) is 0 Å². The van der Waals surface area contributed by atoms with Crippen molar-refractivity contribution in [2.75, 3.05) is 11.1 Å². The lowest BCUT2D eigenvalue weighted by Gasteiger charge is -2.33. The molecule has 2 aromatic rings. The maximum atomic E-state index is 13.2. The van der Waals surface area contributed by atoms with Crippen molar-refractivity contribution in [2.45, 2.75) is 89.6 Å². The SMILES string of the molecule is CCCCCCCCCCc1ccc(N[C@@](CCC(=O)O)(NC(=O)C(CS)Cc2ccccc2)C(=O)O)cc1. The van der Waals surface area contributed by atoms with Gasteiger partial charge in [-0.25, -0.2) is 4.79 Å². The highest BCUT2D eigenvalue weighted by Gasteiger charge is 2.41. The van der Waals surface area contributed by atoms with Crippen molar-refractivity contribution in [1.29, 1.82) is 0 Å². The second kappa shape index (κ2) is 17.6. The van der Waals surface area contributed by atoms with E-state index in [-0.39, 0.29) is 12.2 Å². The van der Waals surface area contributed by atoms with Gasteiger partial charge < -0.3 is 20.8 Å². The average molecular weight is 557 g/mol. The molecule has 2 rings (SSSR count). The number of unbranched alkanes of at least 4 members (excludes halogenated alkanes) is 7. The highest BCUT2D eigenvalue weighted by atomic mass is 32.1. The number of carboxylic acid groups (broad SMARTS) is 2. The van der Waals surface area contributed by atoms with E-state index in [1.165, 1.54) is 44.9 Å². The third-order valence-electron chi connectivity index (χ3n) is 6.96. The second-order valence-electron chi connectivity index (χ2n) is 10.2. The van der Waals surface area contributed by atoms with Crippen molar-refractivity contribution in [2.24, 2.45) is 5.92 Å². The summed E-state index contributed by atoms with van der Waals surface area (Å²) in [5, 5.41) is 25.0. The van der Waals surface area contributed by atoms with E-state index < -0.39 is 35.8 Å². The van der Waals surface area contributed by atoms with Crippen molar-refractivity contribution in [1.82, 2.24) is 5.32 Å². The Labute approximate surface area is 238 Å². The number of hydrogen-bond acceptors (Lipinski definition) is 5. The van der Waals surface area contributed by atoms with Crippen LogP contribution in [0.15, 0.2) is 54.6 Å². The lowest BCUT2D eigenvalue weighted by Crippen LogP contribution is -2.61. The van der Waals surface area contributed by atoms with Gasteiger partial charge in [0.2, 0.25) is 11.6 Å². The van der Waals surface area contributed by atoms with Gasteiger partial charge in [0.1, 0.15) is 0 Å². The van der Waals surface area contributed by atoms with E-state index in [1.54, 1.807) is 12.1 Å². The van der Waals surface area contributed by atoms with Gasteiger partial charge in [-0.05, 0) is 42.5 Å². The lowest BCUT2D eigenvalue weighted by molar-refractivity contribution is -0.148. The van der Waals surface area contributed by atoms with E-state index in [2.05, 4.69) is 30.2 Å². The van der Waals surface area contributed by atoms with Crippen LogP contribution in [0, 0.1) is 5.92 Å². The summed E-state index contributed by atoms with van der Waals surface area (Å²) in [7, 11) is 0. The summed E-state index contributed by atoms with van der Waals surface area (Å²) in [6.45, 7) is 2.22. The number of benzene rings is 2. The van der Waals surface area contributed by atoms with Crippen LogP contribution in [0.25, 0.3) is 0 Å². The van der Waals surface area contributed by atoms with Crippen molar-refractivity contribution in [3.8, 4) is 0 Å². The number of carboxylic acids is 2. The smallest absolute Gasteiger partial charge is 0.350 e. The number of nitrogens with one attached hydrogen (secondary N) is 2. The van der Waals surface area contributed by atoms with E-state index in [0.29, 0.717) is 12.1 Å². The summed E-state index contributed by atoms with van der Waals surface area (Å²) in [6, 6.07) is 16.9. The Morgan fingerprint density at radius 3 is 2.03 bits per heavy atom. The summed E-state index contributed by atoms with van der Waals surface area (Å²) in [4.78, 5) is 37.1. The van der Waals surface area contributed by atoms with Gasteiger partial charge in [0, 0.05) is 24.3 Å². The number of anilines is 1. The van der Waals surface area contributed by atoms with Crippen LogP contribution in [0.3, 0.4) is 0 Å². The normalized spacial score (nSPS) is 13.3. The molecular formula is C31H44N2O5S. The summed E-state index contributed by atoms with van der Waals surface area (Å²) in [5.41, 5.74) is 0.596. The lowest BCUT2D eigenvalue weighted by atomic mass is 9.97. The summed E-state index contributed by atoms with van der Waals surface area (Å²) < 4.78 is 0. The average Bonchev–Trinajstić information content (AvgIpc) is 2.93. The Morgan fingerprint density at radius 2 is 1.46 bits per heavy atom. The first-order valence-corrected chi connectivity index (χ1v) is 14.7. The van der Waals surface area contributed by atoms with Crippen LogP contribution >= 0.6 is 12.6 Å². The van der Waals surface area contributed by atoms with Crippen molar-refractivity contribution in [3.05, 3.63) is 65.7 Å². The molecule has 0 aliphatic carbocycles. The molecule has 0 radical (unpaired) electrons. The number of aryl methyl sites for hydroxylation is 1. The number of rotatable bonds is 20. The number of thiol groups is 1. The maximum absolute atomic E-state index is 13.2. The Bertz CT molecular complexity index is 1020. The van der Waals surface area contributed by atoms with E-state index >= 15 is 0 Å². The molecule has 1 unspecified atom stereocenters. The molecule has 8 heteroatoms. The van der Waals surface area contributed by atoms with Crippen LogP contribution in [0.4, 0.5) is 5.69 Å². The van der Waals surface area contributed by atoms with E-state index in [1.807, 2.05) is 42.5 Å². The van der Waals surface area contributed by atoms with Gasteiger partial charge in [-0.15, -0.1) is 0 Å². The molecule has 0 spiro atoms. The topological polar surface area (TPSA) is 116 Å². The molecule has 2 atom stereocenters. The van der Waals surface area contributed by atoms with E-state index in [9.17, 15) is 24.6 Å². The predicted molar refractivity (Wildman–Crippen MR) is 159 cm³/mol. The molecule has 0 aliphatic rings. The first kappa shape index (κ1) is 32.2. The number of hydrogen-bond donors (Lipinski definition) is 5. The summed E-state index contributed by atoms with van der Waals surface area (Å²) >= 11 is 4.32. The van der Waals surface area contributed by atoms with Gasteiger partial charge in [-0.1, -0.05) is 94.3 Å². The number of carbonyl (C=O) groups excluding carboxylic acids is 1.